The molecule has 3 aromatic rings. The third kappa shape index (κ3) is 2.09. The molecule has 0 spiro atoms. The number of nitrogens with zero attached hydrogens (tertiary/aromatic N) is 2. The number of thiophene rings is 1. The molecule has 1 amide bonds. The van der Waals surface area contributed by atoms with Crippen molar-refractivity contribution in [2.75, 3.05) is 17.8 Å². The first-order valence-electron chi connectivity index (χ1n) is 6.41. The van der Waals surface area contributed by atoms with Crippen LogP contribution in [0.4, 0.5) is 11.6 Å². The van der Waals surface area contributed by atoms with Crippen LogP contribution in [0.1, 0.15) is 10.4 Å². The first-order valence-corrected chi connectivity index (χ1v) is 7.29. The van der Waals surface area contributed by atoms with E-state index in [1.165, 1.54) is 11.3 Å². The number of nitrogen functional groups attached to an aromatic ring is 1. The molecule has 4 rings (SSSR count). The third-order valence-corrected chi connectivity index (χ3v) is 4.11. The molecule has 1 aromatic carbocycles. The summed E-state index contributed by atoms with van der Waals surface area (Å²) in [5.74, 6) is 1.16. The van der Waals surface area contributed by atoms with E-state index in [4.69, 9.17) is 15.2 Å². The molecule has 8 heteroatoms. The number of anilines is 2. The lowest BCUT2D eigenvalue weighted by Crippen LogP contribution is -2.11. The Labute approximate surface area is 128 Å². The van der Waals surface area contributed by atoms with Crippen LogP contribution in [0.15, 0.2) is 29.8 Å². The van der Waals surface area contributed by atoms with Gasteiger partial charge in [0.15, 0.2) is 11.5 Å². The van der Waals surface area contributed by atoms with Gasteiger partial charge in [0.25, 0.3) is 5.91 Å². The smallest absolute Gasteiger partial charge is 0.258 e. The van der Waals surface area contributed by atoms with Crippen molar-refractivity contribution in [3.8, 4) is 11.5 Å². The Morgan fingerprint density at radius 2 is 2.18 bits per heavy atom. The van der Waals surface area contributed by atoms with Crippen molar-refractivity contribution < 1.29 is 14.3 Å². The van der Waals surface area contributed by atoms with Crippen LogP contribution in [-0.2, 0) is 0 Å². The molecule has 0 unspecified atom stereocenters. The highest BCUT2D eigenvalue weighted by molar-refractivity contribution is 7.17. The second-order valence-corrected chi connectivity index (χ2v) is 5.52. The highest BCUT2D eigenvalue weighted by Crippen LogP contribution is 2.34. The van der Waals surface area contributed by atoms with Crippen LogP contribution in [0, 0.1) is 0 Å². The van der Waals surface area contributed by atoms with Gasteiger partial charge in [0.2, 0.25) is 12.7 Å². The Morgan fingerprint density at radius 3 is 3.09 bits per heavy atom. The number of aromatic nitrogens is 2. The molecular weight excluding hydrogens is 304 g/mol. The number of fused-ring (bicyclic) bond motifs is 2. The Kier molecular flexibility index (Phi) is 2.83. The van der Waals surface area contributed by atoms with E-state index in [0.717, 1.165) is 4.70 Å². The van der Waals surface area contributed by atoms with Crippen molar-refractivity contribution in [1.82, 2.24) is 9.97 Å². The Hall–Kier alpha value is -2.87. The monoisotopic (exact) mass is 314 g/mol. The minimum Gasteiger partial charge on any atom is -0.454 e. The number of ether oxygens (including phenoxy) is 2. The molecule has 3 N–H and O–H groups in total. The van der Waals surface area contributed by atoms with Gasteiger partial charge in [-0.1, -0.05) is 0 Å². The van der Waals surface area contributed by atoms with Crippen LogP contribution in [-0.4, -0.2) is 22.7 Å². The molecule has 1 aliphatic rings. The SMILES string of the molecule is Nc1ncc2scc(C(=O)Nc3ccc4c(c3)OCO4)c2n1. The maximum absolute atomic E-state index is 12.4. The van der Waals surface area contributed by atoms with Crippen molar-refractivity contribution in [3.05, 3.63) is 35.3 Å². The highest BCUT2D eigenvalue weighted by atomic mass is 32.1. The minimum atomic E-state index is -0.261. The average molecular weight is 314 g/mol. The van der Waals surface area contributed by atoms with E-state index in [1.54, 1.807) is 29.8 Å². The van der Waals surface area contributed by atoms with Gasteiger partial charge in [-0.15, -0.1) is 11.3 Å². The quantitative estimate of drug-likeness (QED) is 0.752. The Morgan fingerprint density at radius 1 is 1.32 bits per heavy atom. The number of carbonyl (C=O) groups is 1. The molecule has 0 aliphatic carbocycles. The summed E-state index contributed by atoms with van der Waals surface area (Å²) >= 11 is 1.40. The van der Waals surface area contributed by atoms with Gasteiger partial charge in [-0.25, -0.2) is 9.97 Å². The molecule has 1 aliphatic heterocycles. The molecule has 0 bridgehead atoms. The largest absolute Gasteiger partial charge is 0.454 e. The van der Waals surface area contributed by atoms with Gasteiger partial charge in [0, 0.05) is 17.1 Å². The zero-order chi connectivity index (χ0) is 15.1. The van der Waals surface area contributed by atoms with Crippen molar-refractivity contribution in [3.63, 3.8) is 0 Å². The summed E-state index contributed by atoms with van der Waals surface area (Å²) in [4.78, 5) is 20.5. The fourth-order valence-electron chi connectivity index (χ4n) is 2.18. The number of hydrogen-bond donors (Lipinski definition) is 2. The van der Waals surface area contributed by atoms with Crippen LogP contribution in [0.5, 0.6) is 11.5 Å². The van der Waals surface area contributed by atoms with Gasteiger partial charge in [-0.2, -0.15) is 0 Å². The topological polar surface area (TPSA) is 99.4 Å². The second-order valence-electron chi connectivity index (χ2n) is 4.61. The van der Waals surface area contributed by atoms with Crippen molar-refractivity contribution in [2.45, 2.75) is 0 Å². The average Bonchev–Trinajstić information content (AvgIpc) is 3.12. The third-order valence-electron chi connectivity index (χ3n) is 3.21. The number of nitrogens with one attached hydrogen (secondary N) is 1. The first kappa shape index (κ1) is 12.8. The summed E-state index contributed by atoms with van der Waals surface area (Å²) in [7, 11) is 0. The maximum Gasteiger partial charge on any atom is 0.258 e. The van der Waals surface area contributed by atoms with Gasteiger partial charge < -0.3 is 20.5 Å². The molecular formula is C14H10N4O3S. The minimum absolute atomic E-state index is 0.142. The van der Waals surface area contributed by atoms with Gasteiger partial charge in [-0.05, 0) is 12.1 Å². The van der Waals surface area contributed by atoms with Crippen LogP contribution in [0.2, 0.25) is 0 Å². The van der Waals surface area contributed by atoms with Crippen LogP contribution in [0.25, 0.3) is 10.2 Å². The summed E-state index contributed by atoms with van der Waals surface area (Å²) in [6, 6.07) is 5.23. The summed E-state index contributed by atoms with van der Waals surface area (Å²) in [5.41, 5.74) is 7.22. The molecule has 2 aromatic heterocycles. The molecule has 7 nitrogen and oxygen atoms in total. The normalized spacial score (nSPS) is 12.5. The maximum atomic E-state index is 12.4. The van der Waals surface area contributed by atoms with Crippen molar-refractivity contribution in [1.29, 1.82) is 0 Å². The van der Waals surface area contributed by atoms with Crippen LogP contribution < -0.4 is 20.5 Å². The van der Waals surface area contributed by atoms with Crippen LogP contribution >= 0.6 is 11.3 Å². The second kappa shape index (κ2) is 4.85. The lowest BCUT2D eigenvalue weighted by molar-refractivity contribution is 0.102. The number of carbonyl (C=O) groups excluding carboxylic acids is 1. The fraction of sp³-hybridized carbons (Fsp3) is 0.0714. The predicted molar refractivity (Wildman–Crippen MR) is 82.3 cm³/mol. The number of amides is 1. The van der Waals surface area contributed by atoms with E-state index in [0.29, 0.717) is 28.3 Å². The summed E-state index contributed by atoms with van der Waals surface area (Å²) in [6.45, 7) is 0.193. The fourth-order valence-corrected chi connectivity index (χ4v) is 3.02. The standard InChI is InChI=1S/C14H10N4O3S/c15-14-16-4-11-12(18-14)8(5-22-11)13(19)17-7-1-2-9-10(3-7)21-6-20-9/h1-5H,6H2,(H,17,19)(H2,15,16,18). The zero-order valence-corrected chi connectivity index (χ0v) is 12.0. The number of rotatable bonds is 2. The molecule has 3 heterocycles. The summed E-state index contributed by atoms with van der Waals surface area (Å²) in [5, 5.41) is 4.55. The van der Waals surface area contributed by atoms with E-state index >= 15 is 0 Å². The van der Waals surface area contributed by atoms with Crippen molar-refractivity contribution in [2.24, 2.45) is 0 Å². The zero-order valence-electron chi connectivity index (χ0n) is 11.2. The van der Waals surface area contributed by atoms with Gasteiger partial charge in [0.05, 0.1) is 22.0 Å². The van der Waals surface area contributed by atoms with Gasteiger partial charge >= 0.3 is 0 Å². The van der Waals surface area contributed by atoms with E-state index in [2.05, 4.69) is 15.3 Å². The number of benzene rings is 1. The molecule has 0 radical (unpaired) electrons. The predicted octanol–water partition coefficient (Wildman–Crippen LogP) is 2.25. The number of nitrogens with two attached hydrogens (primary N) is 1. The lowest BCUT2D eigenvalue weighted by Gasteiger charge is -2.05. The molecule has 22 heavy (non-hydrogen) atoms. The Balaban J connectivity index is 1.65. The van der Waals surface area contributed by atoms with Gasteiger partial charge in [-0.3, -0.25) is 4.79 Å². The van der Waals surface area contributed by atoms with E-state index in [1.807, 2.05) is 0 Å². The van der Waals surface area contributed by atoms with E-state index in [9.17, 15) is 4.79 Å². The molecule has 110 valence electrons. The van der Waals surface area contributed by atoms with Gasteiger partial charge in [0.1, 0.15) is 0 Å². The highest BCUT2D eigenvalue weighted by Gasteiger charge is 2.17. The van der Waals surface area contributed by atoms with Crippen LogP contribution in [0.3, 0.4) is 0 Å². The lowest BCUT2D eigenvalue weighted by atomic mass is 10.2. The van der Waals surface area contributed by atoms with E-state index in [-0.39, 0.29) is 18.6 Å². The van der Waals surface area contributed by atoms with Crippen molar-refractivity contribution >= 4 is 39.1 Å². The summed E-state index contributed by atoms with van der Waals surface area (Å²) in [6.07, 6.45) is 1.61. The number of hydrogen-bond acceptors (Lipinski definition) is 7. The molecule has 0 saturated carbocycles. The molecule has 0 saturated heterocycles. The molecule has 0 atom stereocenters. The van der Waals surface area contributed by atoms with E-state index < -0.39 is 0 Å². The molecule has 0 fully saturated rings. The first-order chi connectivity index (χ1) is 10.7. The summed E-state index contributed by atoms with van der Waals surface area (Å²) < 4.78 is 11.3. The Bertz CT molecular complexity index is 893.